The molecule has 168 valence electrons. The number of amides is 1. The number of carboxylic acids is 1. The van der Waals surface area contributed by atoms with Crippen LogP contribution < -0.4 is 5.73 Å². The second-order valence-electron chi connectivity index (χ2n) is 10.4. The van der Waals surface area contributed by atoms with Crippen molar-refractivity contribution in [3.8, 4) is 0 Å². The summed E-state index contributed by atoms with van der Waals surface area (Å²) in [6, 6.07) is 13.1. The molecule has 2 fully saturated rings. The van der Waals surface area contributed by atoms with Crippen LogP contribution in [0.5, 0.6) is 0 Å². The number of fused-ring (bicyclic) bond motifs is 5. The van der Waals surface area contributed by atoms with Crippen LogP contribution in [0.1, 0.15) is 75.9 Å². The highest BCUT2D eigenvalue weighted by molar-refractivity contribution is 5.92. The normalized spacial score (nSPS) is 33.1. The van der Waals surface area contributed by atoms with Crippen molar-refractivity contribution in [2.75, 3.05) is 0 Å². The molecule has 3 aliphatic carbocycles. The SMILES string of the molecule is C[C@]12CCC3c4ccc(C(=O)O)cc4CCC3C1C[C@H](Cc1cccc(C(N)=O)c1)[C@@H]2O. The third-order valence-corrected chi connectivity index (χ3v) is 8.80. The first-order chi connectivity index (χ1) is 15.3. The molecule has 0 radical (unpaired) electrons. The number of nitrogens with two attached hydrogens (primary N) is 1. The number of carboxylic acid groups (broad SMARTS) is 1. The first kappa shape index (κ1) is 21.2. The highest BCUT2D eigenvalue weighted by Crippen LogP contribution is 2.62. The maximum absolute atomic E-state index is 11.6. The number of carbonyl (C=O) groups excluding carboxylic acids is 1. The number of primary amides is 1. The van der Waals surface area contributed by atoms with Gasteiger partial charge in [0.2, 0.25) is 5.91 Å². The highest BCUT2D eigenvalue weighted by atomic mass is 16.4. The molecule has 5 nitrogen and oxygen atoms in total. The molecular formula is C27H31NO4. The number of hydrogen-bond donors (Lipinski definition) is 3. The van der Waals surface area contributed by atoms with Crippen molar-refractivity contribution in [3.63, 3.8) is 0 Å². The fourth-order valence-electron chi connectivity index (χ4n) is 7.22. The van der Waals surface area contributed by atoms with Crippen LogP contribution in [0.25, 0.3) is 0 Å². The molecule has 0 spiro atoms. The molecular weight excluding hydrogens is 402 g/mol. The molecule has 5 rings (SSSR count). The largest absolute Gasteiger partial charge is 0.478 e. The Morgan fingerprint density at radius 2 is 1.94 bits per heavy atom. The van der Waals surface area contributed by atoms with Gasteiger partial charge in [-0.25, -0.2) is 4.79 Å². The van der Waals surface area contributed by atoms with Crippen molar-refractivity contribution in [1.29, 1.82) is 0 Å². The van der Waals surface area contributed by atoms with Gasteiger partial charge in [-0.3, -0.25) is 4.79 Å². The second kappa shape index (κ2) is 7.73. The molecule has 0 bridgehead atoms. The maximum Gasteiger partial charge on any atom is 0.335 e. The van der Waals surface area contributed by atoms with E-state index in [2.05, 4.69) is 6.92 Å². The van der Waals surface area contributed by atoms with Crippen LogP contribution >= 0.6 is 0 Å². The summed E-state index contributed by atoms with van der Waals surface area (Å²) >= 11 is 0. The molecule has 2 aromatic rings. The molecule has 1 amide bonds. The summed E-state index contributed by atoms with van der Waals surface area (Å²) in [7, 11) is 0. The molecule has 5 heteroatoms. The van der Waals surface area contributed by atoms with Crippen LogP contribution in [-0.4, -0.2) is 28.2 Å². The van der Waals surface area contributed by atoms with E-state index in [0.29, 0.717) is 28.9 Å². The van der Waals surface area contributed by atoms with Gasteiger partial charge < -0.3 is 15.9 Å². The Balaban J connectivity index is 1.39. The fourth-order valence-corrected chi connectivity index (χ4v) is 7.22. The number of aliphatic hydroxyl groups is 1. The molecule has 0 heterocycles. The van der Waals surface area contributed by atoms with Gasteiger partial charge in [-0.2, -0.15) is 0 Å². The van der Waals surface area contributed by atoms with Gasteiger partial charge >= 0.3 is 5.97 Å². The Labute approximate surface area is 188 Å². The van der Waals surface area contributed by atoms with Gasteiger partial charge in [-0.05, 0) is 109 Å². The van der Waals surface area contributed by atoms with Crippen LogP contribution in [0.3, 0.4) is 0 Å². The summed E-state index contributed by atoms with van der Waals surface area (Å²) in [5.41, 5.74) is 9.81. The monoisotopic (exact) mass is 433 g/mol. The lowest BCUT2D eigenvalue weighted by Gasteiger charge is -2.50. The van der Waals surface area contributed by atoms with E-state index >= 15 is 0 Å². The van der Waals surface area contributed by atoms with Crippen LogP contribution in [0, 0.1) is 23.2 Å². The predicted octanol–water partition coefficient (Wildman–Crippen LogP) is 4.17. The molecule has 0 saturated heterocycles. The van der Waals surface area contributed by atoms with Crippen molar-refractivity contribution >= 4 is 11.9 Å². The minimum absolute atomic E-state index is 0.0916. The van der Waals surface area contributed by atoms with E-state index in [0.717, 1.165) is 44.1 Å². The third-order valence-electron chi connectivity index (χ3n) is 8.80. The summed E-state index contributed by atoms with van der Waals surface area (Å²) in [6.45, 7) is 2.27. The van der Waals surface area contributed by atoms with Gasteiger partial charge in [0.25, 0.3) is 0 Å². The number of aryl methyl sites for hydroxylation is 1. The van der Waals surface area contributed by atoms with Crippen LogP contribution in [0.4, 0.5) is 0 Å². The van der Waals surface area contributed by atoms with Crippen molar-refractivity contribution in [2.45, 2.75) is 57.5 Å². The van der Waals surface area contributed by atoms with E-state index in [4.69, 9.17) is 5.73 Å². The van der Waals surface area contributed by atoms with Gasteiger partial charge in [0.1, 0.15) is 0 Å². The van der Waals surface area contributed by atoms with E-state index in [1.54, 1.807) is 12.1 Å². The summed E-state index contributed by atoms with van der Waals surface area (Å²) < 4.78 is 0. The summed E-state index contributed by atoms with van der Waals surface area (Å²) in [6.07, 6.45) is 5.37. The molecule has 0 aromatic heterocycles. The van der Waals surface area contributed by atoms with E-state index < -0.39 is 11.9 Å². The molecule has 3 aliphatic rings. The van der Waals surface area contributed by atoms with E-state index in [1.165, 1.54) is 11.1 Å². The molecule has 3 unspecified atom stereocenters. The third kappa shape index (κ3) is 3.34. The number of carbonyl (C=O) groups is 2. The zero-order valence-electron chi connectivity index (χ0n) is 18.5. The van der Waals surface area contributed by atoms with Gasteiger partial charge in [-0.15, -0.1) is 0 Å². The fraction of sp³-hybridized carbons (Fsp3) is 0.481. The molecule has 0 aliphatic heterocycles. The minimum Gasteiger partial charge on any atom is -0.478 e. The quantitative estimate of drug-likeness (QED) is 0.674. The highest BCUT2D eigenvalue weighted by Gasteiger charge is 2.57. The van der Waals surface area contributed by atoms with Crippen molar-refractivity contribution in [3.05, 3.63) is 70.3 Å². The van der Waals surface area contributed by atoms with E-state index in [1.807, 2.05) is 30.3 Å². The zero-order valence-corrected chi connectivity index (χ0v) is 18.5. The van der Waals surface area contributed by atoms with Gasteiger partial charge in [0.05, 0.1) is 11.7 Å². The van der Waals surface area contributed by atoms with Crippen molar-refractivity contribution in [2.24, 2.45) is 28.9 Å². The average Bonchev–Trinajstić information content (AvgIpc) is 3.03. The minimum atomic E-state index is -0.867. The first-order valence-corrected chi connectivity index (χ1v) is 11.7. The smallest absolute Gasteiger partial charge is 0.335 e. The molecule has 4 N–H and O–H groups in total. The first-order valence-electron chi connectivity index (χ1n) is 11.7. The van der Waals surface area contributed by atoms with Gasteiger partial charge in [-0.1, -0.05) is 25.1 Å². The molecule has 32 heavy (non-hydrogen) atoms. The maximum atomic E-state index is 11.6. The average molecular weight is 434 g/mol. The molecule has 2 aromatic carbocycles. The van der Waals surface area contributed by atoms with Crippen molar-refractivity contribution in [1.82, 2.24) is 0 Å². The lowest BCUT2D eigenvalue weighted by Crippen LogP contribution is -2.44. The topological polar surface area (TPSA) is 101 Å². The van der Waals surface area contributed by atoms with Gasteiger partial charge in [0, 0.05) is 5.56 Å². The Morgan fingerprint density at radius 3 is 2.69 bits per heavy atom. The second-order valence-corrected chi connectivity index (χ2v) is 10.4. The van der Waals surface area contributed by atoms with Crippen LogP contribution in [0.15, 0.2) is 42.5 Å². The number of hydrogen-bond acceptors (Lipinski definition) is 3. The lowest BCUT2D eigenvalue weighted by molar-refractivity contribution is -0.0325. The summed E-state index contributed by atoms with van der Waals surface area (Å²) in [5.74, 6) is 0.301. The number of benzene rings is 2. The number of aliphatic hydroxyl groups excluding tert-OH is 1. The van der Waals surface area contributed by atoms with Crippen LogP contribution in [-0.2, 0) is 12.8 Å². The lowest BCUT2D eigenvalue weighted by atomic mass is 9.55. The summed E-state index contributed by atoms with van der Waals surface area (Å²) in [5, 5.41) is 20.8. The van der Waals surface area contributed by atoms with Crippen molar-refractivity contribution < 1.29 is 19.8 Å². The number of aromatic carboxylic acids is 1. The summed E-state index contributed by atoms with van der Waals surface area (Å²) in [4.78, 5) is 23.0. The van der Waals surface area contributed by atoms with Crippen LogP contribution in [0.2, 0.25) is 0 Å². The van der Waals surface area contributed by atoms with E-state index in [9.17, 15) is 19.8 Å². The Kier molecular flexibility index (Phi) is 5.12. The van der Waals surface area contributed by atoms with Gasteiger partial charge in [0.15, 0.2) is 0 Å². The van der Waals surface area contributed by atoms with E-state index in [-0.39, 0.29) is 17.4 Å². The standard InChI is InChI=1S/C27H31NO4/c1-27-10-9-21-20-7-6-18(26(31)32)13-16(20)5-8-22(21)23(27)14-19(24(27)29)12-15-3-2-4-17(11-15)25(28)30/h2-4,6-7,11,13,19,21-24,29H,5,8-10,12,14H2,1H3,(H2,28,30)(H,31,32)/t19-,21?,22?,23?,24-,27-/m0/s1. The predicted molar refractivity (Wildman–Crippen MR) is 122 cm³/mol. The Hall–Kier alpha value is -2.66. The number of rotatable bonds is 4. The zero-order chi connectivity index (χ0) is 22.6. The Morgan fingerprint density at radius 1 is 1.12 bits per heavy atom. The Bertz CT molecular complexity index is 1080. The molecule has 6 atom stereocenters. The molecule has 2 saturated carbocycles.